The summed E-state index contributed by atoms with van der Waals surface area (Å²) in [6.07, 6.45) is -0.248. The van der Waals surface area contributed by atoms with Gasteiger partial charge >= 0.3 is 0 Å². The van der Waals surface area contributed by atoms with E-state index in [1.165, 1.54) is 0 Å². The first-order valence-electron chi connectivity index (χ1n) is 6.06. The number of hydrogen-bond acceptors (Lipinski definition) is 3. The molecular weight excluding hydrogens is 271 g/mol. The Morgan fingerprint density at radius 3 is 2.39 bits per heavy atom. The molecule has 0 radical (unpaired) electrons. The fourth-order valence-corrected chi connectivity index (χ4v) is 2.51. The Kier molecular flexibility index (Phi) is 6.22. The van der Waals surface area contributed by atoms with E-state index in [1.807, 2.05) is 25.1 Å². The first-order valence-corrected chi connectivity index (χ1v) is 6.44. The predicted molar refractivity (Wildman–Crippen MR) is 79.0 cm³/mol. The summed E-state index contributed by atoms with van der Waals surface area (Å²) in [4.78, 5) is 4.60. The number of piperazine rings is 1. The van der Waals surface area contributed by atoms with Gasteiger partial charge in [0.05, 0.1) is 16.8 Å². The van der Waals surface area contributed by atoms with E-state index < -0.39 is 0 Å². The van der Waals surface area contributed by atoms with Crippen molar-refractivity contribution in [3.8, 4) is 0 Å². The molecule has 102 valence electrons. The van der Waals surface area contributed by atoms with Gasteiger partial charge in [-0.2, -0.15) is 0 Å². The van der Waals surface area contributed by atoms with Gasteiger partial charge in [0.15, 0.2) is 0 Å². The van der Waals surface area contributed by atoms with Crippen LogP contribution in [0, 0.1) is 0 Å². The zero-order valence-corrected chi connectivity index (χ0v) is 12.1. The van der Waals surface area contributed by atoms with Crippen LogP contribution in [0.25, 0.3) is 0 Å². The molecule has 2 rings (SSSR count). The summed E-state index contributed by atoms with van der Waals surface area (Å²) in [7, 11) is 0. The molecule has 1 aliphatic heterocycles. The molecule has 18 heavy (non-hydrogen) atoms. The first kappa shape index (κ1) is 15.6. The fourth-order valence-electron chi connectivity index (χ4n) is 2.25. The number of rotatable bonds is 3. The van der Waals surface area contributed by atoms with Crippen molar-refractivity contribution in [2.75, 3.05) is 37.6 Å². The standard InChI is InChI=1S/C13H19ClN2O.ClH/c1-11(17)10-15-6-8-16(9-7-15)13-5-3-2-4-12(13)14;/h2-5,11,17H,6-10H2,1H3;1H. The Bertz CT molecular complexity index is 366. The summed E-state index contributed by atoms with van der Waals surface area (Å²) in [6.45, 7) is 6.50. The molecule has 0 aliphatic carbocycles. The molecule has 0 spiro atoms. The second-order valence-electron chi connectivity index (χ2n) is 4.59. The maximum Gasteiger partial charge on any atom is 0.0639 e. The fraction of sp³-hybridized carbons (Fsp3) is 0.538. The molecule has 1 unspecified atom stereocenters. The molecule has 0 aromatic heterocycles. The van der Waals surface area contributed by atoms with Gasteiger partial charge in [-0.3, -0.25) is 4.90 Å². The van der Waals surface area contributed by atoms with Crippen molar-refractivity contribution < 1.29 is 5.11 Å². The van der Waals surface area contributed by atoms with Crippen LogP contribution in [0.5, 0.6) is 0 Å². The lowest BCUT2D eigenvalue weighted by Crippen LogP contribution is -2.48. The molecule has 0 saturated carbocycles. The highest BCUT2D eigenvalue weighted by molar-refractivity contribution is 6.33. The highest BCUT2D eigenvalue weighted by Crippen LogP contribution is 2.25. The molecule has 1 atom stereocenters. The van der Waals surface area contributed by atoms with Gasteiger partial charge in [-0.25, -0.2) is 0 Å². The summed E-state index contributed by atoms with van der Waals surface area (Å²) < 4.78 is 0. The van der Waals surface area contributed by atoms with Gasteiger partial charge in [0.25, 0.3) is 0 Å². The predicted octanol–water partition coefficient (Wildman–Crippen LogP) is 2.26. The number of nitrogens with zero attached hydrogens (tertiary/aromatic N) is 2. The zero-order chi connectivity index (χ0) is 12.3. The lowest BCUT2D eigenvalue weighted by atomic mass is 10.2. The van der Waals surface area contributed by atoms with E-state index in [4.69, 9.17) is 11.6 Å². The molecule has 3 nitrogen and oxygen atoms in total. The summed E-state index contributed by atoms with van der Waals surface area (Å²) in [5.41, 5.74) is 1.12. The topological polar surface area (TPSA) is 26.7 Å². The van der Waals surface area contributed by atoms with Crippen LogP contribution in [0.15, 0.2) is 24.3 Å². The lowest BCUT2D eigenvalue weighted by Gasteiger charge is -2.36. The molecule has 5 heteroatoms. The Morgan fingerprint density at radius 2 is 1.83 bits per heavy atom. The number of β-amino-alcohol motifs (C(OH)–C–C–N with tert-alkyl or cyclic N) is 1. The molecule has 1 fully saturated rings. The maximum atomic E-state index is 9.36. The van der Waals surface area contributed by atoms with E-state index >= 15 is 0 Å². The van der Waals surface area contributed by atoms with Crippen LogP contribution in [0.2, 0.25) is 5.02 Å². The van der Waals surface area contributed by atoms with Gasteiger partial charge in [-0.05, 0) is 19.1 Å². The van der Waals surface area contributed by atoms with Crippen molar-refractivity contribution in [1.82, 2.24) is 4.90 Å². The van der Waals surface area contributed by atoms with Crippen LogP contribution in [-0.4, -0.2) is 48.8 Å². The normalized spacial score (nSPS) is 18.3. The van der Waals surface area contributed by atoms with Gasteiger partial charge in [0.2, 0.25) is 0 Å². The van der Waals surface area contributed by atoms with Crippen LogP contribution >= 0.6 is 24.0 Å². The number of halogens is 2. The van der Waals surface area contributed by atoms with E-state index in [9.17, 15) is 5.11 Å². The van der Waals surface area contributed by atoms with Crippen LogP contribution in [-0.2, 0) is 0 Å². The van der Waals surface area contributed by atoms with Gasteiger partial charge < -0.3 is 10.0 Å². The second kappa shape index (κ2) is 7.19. The molecule has 1 aromatic carbocycles. The molecular formula is C13H20Cl2N2O. The van der Waals surface area contributed by atoms with Crippen molar-refractivity contribution in [2.24, 2.45) is 0 Å². The molecule has 0 bridgehead atoms. The summed E-state index contributed by atoms with van der Waals surface area (Å²) in [5, 5.41) is 10.2. The number of aliphatic hydroxyl groups is 1. The average molecular weight is 291 g/mol. The minimum Gasteiger partial charge on any atom is -0.392 e. The van der Waals surface area contributed by atoms with Gasteiger partial charge in [0, 0.05) is 32.7 Å². The molecule has 1 N–H and O–H groups in total. The van der Waals surface area contributed by atoms with Crippen molar-refractivity contribution in [3.05, 3.63) is 29.3 Å². The van der Waals surface area contributed by atoms with Crippen LogP contribution in [0.1, 0.15) is 6.92 Å². The maximum absolute atomic E-state index is 9.36. The number of aliphatic hydroxyl groups excluding tert-OH is 1. The molecule has 1 aromatic rings. The van der Waals surface area contributed by atoms with Gasteiger partial charge in [-0.15, -0.1) is 12.4 Å². The van der Waals surface area contributed by atoms with E-state index in [0.717, 1.165) is 43.4 Å². The Morgan fingerprint density at radius 1 is 1.22 bits per heavy atom. The number of anilines is 1. The van der Waals surface area contributed by atoms with Crippen molar-refractivity contribution in [2.45, 2.75) is 13.0 Å². The highest BCUT2D eigenvalue weighted by Gasteiger charge is 2.19. The van der Waals surface area contributed by atoms with E-state index in [2.05, 4.69) is 15.9 Å². The van der Waals surface area contributed by atoms with E-state index in [1.54, 1.807) is 0 Å². The van der Waals surface area contributed by atoms with E-state index in [-0.39, 0.29) is 18.5 Å². The van der Waals surface area contributed by atoms with E-state index in [0.29, 0.717) is 0 Å². The minimum absolute atomic E-state index is 0. The summed E-state index contributed by atoms with van der Waals surface area (Å²) in [5.74, 6) is 0. The van der Waals surface area contributed by atoms with Crippen molar-refractivity contribution in [1.29, 1.82) is 0 Å². The van der Waals surface area contributed by atoms with Crippen molar-refractivity contribution in [3.63, 3.8) is 0 Å². The summed E-state index contributed by atoms with van der Waals surface area (Å²) in [6, 6.07) is 7.96. The number of benzene rings is 1. The minimum atomic E-state index is -0.248. The van der Waals surface area contributed by atoms with Crippen LogP contribution < -0.4 is 4.90 Å². The number of para-hydroxylation sites is 1. The third kappa shape index (κ3) is 4.02. The largest absolute Gasteiger partial charge is 0.392 e. The van der Waals surface area contributed by atoms with Crippen LogP contribution in [0.4, 0.5) is 5.69 Å². The van der Waals surface area contributed by atoms with Crippen LogP contribution in [0.3, 0.4) is 0 Å². The Hall–Kier alpha value is -0.480. The third-order valence-electron chi connectivity index (χ3n) is 3.09. The average Bonchev–Trinajstić information content (AvgIpc) is 2.30. The Balaban J connectivity index is 0.00000162. The van der Waals surface area contributed by atoms with Crippen molar-refractivity contribution >= 4 is 29.7 Å². The summed E-state index contributed by atoms with van der Waals surface area (Å²) >= 11 is 6.18. The number of hydrogen-bond donors (Lipinski definition) is 1. The second-order valence-corrected chi connectivity index (χ2v) is 5.00. The molecule has 0 amide bonds. The van der Waals surface area contributed by atoms with Gasteiger partial charge in [-0.1, -0.05) is 23.7 Å². The smallest absolute Gasteiger partial charge is 0.0639 e. The first-order chi connectivity index (χ1) is 8.16. The molecule has 1 heterocycles. The quantitative estimate of drug-likeness (QED) is 0.925. The molecule has 1 aliphatic rings. The SMILES string of the molecule is CC(O)CN1CCN(c2ccccc2Cl)CC1.Cl. The zero-order valence-electron chi connectivity index (χ0n) is 10.6. The highest BCUT2D eigenvalue weighted by atomic mass is 35.5. The van der Waals surface area contributed by atoms with Gasteiger partial charge in [0.1, 0.15) is 0 Å². The molecule has 1 saturated heterocycles. The Labute approximate surface area is 120 Å². The third-order valence-corrected chi connectivity index (χ3v) is 3.41. The monoisotopic (exact) mass is 290 g/mol. The lowest BCUT2D eigenvalue weighted by molar-refractivity contribution is 0.123.